The van der Waals surface area contributed by atoms with E-state index in [-0.39, 0.29) is 0 Å². The van der Waals surface area contributed by atoms with Gasteiger partial charge in [0.15, 0.2) is 0 Å². The molecule has 0 fully saturated rings. The minimum absolute atomic E-state index is 0.554. The SMILES string of the molecule is Cc1nc(N)ccc1-c1ccc2ncccc2c1. The van der Waals surface area contributed by atoms with Gasteiger partial charge in [0.1, 0.15) is 5.82 Å². The van der Waals surface area contributed by atoms with Crippen LogP contribution in [0.15, 0.2) is 48.7 Å². The van der Waals surface area contributed by atoms with E-state index in [1.807, 2.05) is 31.2 Å². The molecule has 0 unspecified atom stereocenters. The smallest absolute Gasteiger partial charge is 0.123 e. The number of aromatic nitrogens is 2. The second-order valence-electron chi connectivity index (χ2n) is 4.28. The predicted molar refractivity (Wildman–Crippen MR) is 74.1 cm³/mol. The third-order valence-electron chi connectivity index (χ3n) is 3.02. The van der Waals surface area contributed by atoms with Crippen molar-refractivity contribution in [2.24, 2.45) is 0 Å². The Balaban J connectivity index is 2.19. The molecule has 3 rings (SSSR count). The van der Waals surface area contributed by atoms with Crippen molar-refractivity contribution >= 4 is 16.7 Å². The van der Waals surface area contributed by atoms with Gasteiger partial charge in [-0.2, -0.15) is 0 Å². The Morgan fingerprint density at radius 1 is 1.06 bits per heavy atom. The van der Waals surface area contributed by atoms with Crippen molar-refractivity contribution in [3.63, 3.8) is 0 Å². The highest BCUT2D eigenvalue weighted by molar-refractivity contribution is 5.84. The van der Waals surface area contributed by atoms with Crippen LogP contribution < -0.4 is 5.73 Å². The summed E-state index contributed by atoms with van der Waals surface area (Å²) in [6.45, 7) is 1.97. The topological polar surface area (TPSA) is 51.8 Å². The molecule has 0 saturated heterocycles. The first-order chi connectivity index (χ1) is 8.74. The minimum Gasteiger partial charge on any atom is -0.384 e. The summed E-state index contributed by atoms with van der Waals surface area (Å²) in [6, 6.07) is 14.1. The van der Waals surface area contributed by atoms with Crippen molar-refractivity contribution in [1.82, 2.24) is 9.97 Å². The summed E-state index contributed by atoms with van der Waals surface area (Å²) in [5.74, 6) is 0.554. The first-order valence-electron chi connectivity index (χ1n) is 5.82. The van der Waals surface area contributed by atoms with Crippen LogP contribution in [0.3, 0.4) is 0 Å². The molecular formula is C15H13N3. The average molecular weight is 235 g/mol. The van der Waals surface area contributed by atoms with Crippen LogP contribution in [0.2, 0.25) is 0 Å². The summed E-state index contributed by atoms with van der Waals surface area (Å²) in [5, 5.41) is 1.13. The van der Waals surface area contributed by atoms with Crippen LogP contribution in [0.25, 0.3) is 22.0 Å². The van der Waals surface area contributed by atoms with Crippen LogP contribution in [0, 0.1) is 6.92 Å². The van der Waals surface area contributed by atoms with Gasteiger partial charge < -0.3 is 5.73 Å². The summed E-state index contributed by atoms with van der Waals surface area (Å²) in [4.78, 5) is 8.61. The van der Waals surface area contributed by atoms with Gasteiger partial charge in [0.2, 0.25) is 0 Å². The standard InChI is InChI=1S/C15H13N3/c1-10-13(5-7-15(16)18-10)11-4-6-14-12(9-11)3-2-8-17-14/h2-9H,1H3,(H2,16,18). The van der Waals surface area contributed by atoms with Crippen LogP contribution in [0.4, 0.5) is 5.82 Å². The van der Waals surface area contributed by atoms with Crippen molar-refractivity contribution in [3.05, 3.63) is 54.4 Å². The zero-order chi connectivity index (χ0) is 12.5. The summed E-state index contributed by atoms with van der Waals surface area (Å²) >= 11 is 0. The molecule has 0 radical (unpaired) electrons. The second kappa shape index (κ2) is 4.11. The lowest BCUT2D eigenvalue weighted by atomic mass is 10.0. The molecule has 0 atom stereocenters. The lowest BCUT2D eigenvalue weighted by Gasteiger charge is -2.07. The number of benzene rings is 1. The Morgan fingerprint density at radius 2 is 1.94 bits per heavy atom. The first kappa shape index (κ1) is 10.7. The van der Waals surface area contributed by atoms with E-state index in [0.29, 0.717) is 5.82 Å². The summed E-state index contributed by atoms with van der Waals surface area (Å²) in [6.07, 6.45) is 1.80. The van der Waals surface area contributed by atoms with Crippen molar-refractivity contribution in [1.29, 1.82) is 0 Å². The maximum Gasteiger partial charge on any atom is 0.123 e. The molecule has 2 heterocycles. The van der Waals surface area contributed by atoms with E-state index >= 15 is 0 Å². The molecule has 0 spiro atoms. The van der Waals surface area contributed by atoms with Crippen LogP contribution in [0.5, 0.6) is 0 Å². The molecule has 3 nitrogen and oxygen atoms in total. The van der Waals surface area contributed by atoms with Gasteiger partial charge in [0.25, 0.3) is 0 Å². The van der Waals surface area contributed by atoms with Gasteiger partial charge in [-0.1, -0.05) is 12.1 Å². The molecule has 2 N–H and O–H groups in total. The highest BCUT2D eigenvalue weighted by atomic mass is 14.8. The first-order valence-corrected chi connectivity index (χ1v) is 5.82. The number of aryl methyl sites for hydroxylation is 1. The number of rotatable bonds is 1. The van der Waals surface area contributed by atoms with E-state index in [4.69, 9.17) is 5.73 Å². The number of nitrogen functional groups attached to an aromatic ring is 1. The maximum absolute atomic E-state index is 5.68. The molecule has 3 aromatic rings. The number of anilines is 1. The molecule has 1 aromatic carbocycles. The van der Waals surface area contributed by atoms with Gasteiger partial charge in [-0.3, -0.25) is 4.98 Å². The van der Waals surface area contributed by atoms with Gasteiger partial charge in [0.05, 0.1) is 5.52 Å². The van der Waals surface area contributed by atoms with Crippen molar-refractivity contribution in [2.75, 3.05) is 5.73 Å². The van der Waals surface area contributed by atoms with E-state index in [1.54, 1.807) is 6.20 Å². The van der Waals surface area contributed by atoms with Gasteiger partial charge in [-0.25, -0.2) is 4.98 Å². The summed E-state index contributed by atoms with van der Waals surface area (Å²) in [5.41, 5.74) is 9.87. The number of nitrogens with zero attached hydrogens (tertiary/aromatic N) is 2. The molecule has 0 amide bonds. The molecule has 18 heavy (non-hydrogen) atoms. The molecule has 0 aliphatic rings. The third kappa shape index (κ3) is 1.80. The highest BCUT2D eigenvalue weighted by Crippen LogP contribution is 2.25. The fourth-order valence-corrected chi connectivity index (χ4v) is 2.13. The van der Waals surface area contributed by atoms with Crippen molar-refractivity contribution in [3.8, 4) is 11.1 Å². The Kier molecular flexibility index (Phi) is 2.45. The molecule has 0 bridgehead atoms. The number of nitrogens with two attached hydrogens (primary N) is 1. The lowest BCUT2D eigenvalue weighted by molar-refractivity contribution is 1.21. The molecule has 3 heteroatoms. The Bertz CT molecular complexity index is 720. The number of hydrogen-bond acceptors (Lipinski definition) is 3. The molecular weight excluding hydrogens is 222 g/mol. The van der Waals surface area contributed by atoms with E-state index in [0.717, 1.165) is 27.7 Å². The molecule has 0 aliphatic carbocycles. The van der Waals surface area contributed by atoms with E-state index < -0.39 is 0 Å². The second-order valence-corrected chi connectivity index (χ2v) is 4.28. The van der Waals surface area contributed by atoms with Crippen molar-refractivity contribution < 1.29 is 0 Å². The molecule has 88 valence electrons. The Hall–Kier alpha value is -2.42. The normalized spacial score (nSPS) is 10.7. The monoisotopic (exact) mass is 235 g/mol. The van der Waals surface area contributed by atoms with Gasteiger partial charge in [-0.05, 0) is 42.8 Å². The molecule has 0 aliphatic heterocycles. The van der Waals surface area contributed by atoms with Crippen LogP contribution in [-0.2, 0) is 0 Å². The summed E-state index contributed by atoms with van der Waals surface area (Å²) < 4.78 is 0. The third-order valence-corrected chi connectivity index (χ3v) is 3.02. The fraction of sp³-hybridized carbons (Fsp3) is 0.0667. The molecule has 0 saturated carbocycles. The van der Waals surface area contributed by atoms with E-state index in [2.05, 4.69) is 28.2 Å². The summed E-state index contributed by atoms with van der Waals surface area (Å²) in [7, 11) is 0. The minimum atomic E-state index is 0.554. The molecule has 2 aromatic heterocycles. The highest BCUT2D eigenvalue weighted by Gasteiger charge is 2.04. The van der Waals surface area contributed by atoms with Crippen molar-refractivity contribution in [2.45, 2.75) is 6.92 Å². The Labute approximate surface area is 105 Å². The number of fused-ring (bicyclic) bond motifs is 1. The average Bonchev–Trinajstić information content (AvgIpc) is 2.38. The predicted octanol–water partition coefficient (Wildman–Crippen LogP) is 3.19. The van der Waals surface area contributed by atoms with Crippen LogP contribution in [-0.4, -0.2) is 9.97 Å². The van der Waals surface area contributed by atoms with Gasteiger partial charge in [0, 0.05) is 22.8 Å². The number of pyridine rings is 2. The quantitative estimate of drug-likeness (QED) is 0.704. The van der Waals surface area contributed by atoms with Gasteiger partial charge in [-0.15, -0.1) is 0 Å². The van der Waals surface area contributed by atoms with Gasteiger partial charge >= 0.3 is 0 Å². The lowest BCUT2D eigenvalue weighted by Crippen LogP contribution is -1.94. The zero-order valence-corrected chi connectivity index (χ0v) is 10.1. The Morgan fingerprint density at radius 3 is 2.78 bits per heavy atom. The van der Waals surface area contributed by atoms with E-state index in [1.165, 1.54) is 0 Å². The number of hydrogen-bond donors (Lipinski definition) is 1. The zero-order valence-electron chi connectivity index (χ0n) is 10.1. The largest absolute Gasteiger partial charge is 0.384 e. The van der Waals surface area contributed by atoms with Crippen LogP contribution in [0.1, 0.15) is 5.69 Å². The van der Waals surface area contributed by atoms with Crippen LogP contribution >= 0.6 is 0 Å². The fourth-order valence-electron chi connectivity index (χ4n) is 2.13. The maximum atomic E-state index is 5.68. The van der Waals surface area contributed by atoms with E-state index in [9.17, 15) is 0 Å².